The quantitative estimate of drug-likeness (QED) is 0.543. The molecule has 2 N–H and O–H groups in total. The van der Waals surface area contributed by atoms with Gasteiger partial charge in [0.25, 0.3) is 5.91 Å². The highest BCUT2D eigenvalue weighted by Crippen LogP contribution is 2.20. The van der Waals surface area contributed by atoms with Crippen LogP contribution in [-0.2, 0) is 14.4 Å². The lowest BCUT2D eigenvalue weighted by Gasteiger charge is -2.28. The molecule has 4 amide bonds. The molecule has 1 aromatic carbocycles. The predicted molar refractivity (Wildman–Crippen MR) is 93.8 cm³/mol. The Kier molecular flexibility index (Phi) is 6.45. The Morgan fingerprint density at radius 2 is 2.04 bits per heavy atom. The van der Waals surface area contributed by atoms with Crippen molar-refractivity contribution in [2.24, 2.45) is 10.9 Å². The summed E-state index contributed by atoms with van der Waals surface area (Å²) >= 11 is 1.44. The molecule has 1 aromatic rings. The van der Waals surface area contributed by atoms with Crippen molar-refractivity contribution in [3.63, 3.8) is 0 Å². The maximum absolute atomic E-state index is 13.0. The van der Waals surface area contributed by atoms with Gasteiger partial charge in [-0.1, -0.05) is 0 Å². The second kappa shape index (κ2) is 8.56. The van der Waals surface area contributed by atoms with Crippen molar-refractivity contribution in [3.05, 3.63) is 30.1 Å². The molecule has 26 heavy (non-hydrogen) atoms. The van der Waals surface area contributed by atoms with E-state index in [0.717, 1.165) is 18.3 Å². The van der Waals surface area contributed by atoms with Crippen LogP contribution in [0, 0.1) is 11.7 Å². The Labute approximate surface area is 152 Å². The van der Waals surface area contributed by atoms with E-state index in [0.29, 0.717) is 10.7 Å². The van der Waals surface area contributed by atoms with Gasteiger partial charge in [-0.3, -0.25) is 19.9 Å². The van der Waals surface area contributed by atoms with Crippen LogP contribution in [0.2, 0.25) is 0 Å². The fourth-order valence-corrected chi connectivity index (χ4v) is 2.70. The number of carbonyl (C=O) groups is 4. The van der Waals surface area contributed by atoms with Gasteiger partial charge in [-0.2, -0.15) is 11.8 Å². The monoisotopic (exact) mass is 381 g/mol. The van der Waals surface area contributed by atoms with Gasteiger partial charge in [0.1, 0.15) is 11.9 Å². The number of hydrogen-bond acceptors (Lipinski definition) is 6. The minimum Gasteiger partial charge on any atom is -0.480 e. The summed E-state index contributed by atoms with van der Waals surface area (Å²) in [4.78, 5) is 52.2. The molecule has 8 nitrogen and oxygen atoms in total. The molecule has 0 aliphatic carbocycles. The van der Waals surface area contributed by atoms with E-state index in [9.17, 15) is 23.6 Å². The molecule has 0 aromatic heterocycles. The highest BCUT2D eigenvalue weighted by molar-refractivity contribution is 7.98. The number of hydrogen-bond donors (Lipinski definition) is 2. The molecule has 0 bridgehead atoms. The number of carbonyl (C=O) groups excluding carboxylic acids is 3. The third-order valence-electron chi connectivity index (χ3n) is 3.58. The first-order chi connectivity index (χ1) is 12.3. The zero-order chi connectivity index (χ0) is 19.3. The van der Waals surface area contributed by atoms with Crippen LogP contribution in [0.5, 0.6) is 0 Å². The van der Waals surface area contributed by atoms with Crippen LogP contribution < -0.4 is 10.2 Å². The molecule has 2 atom stereocenters. The van der Waals surface area contributed by atoms with E-state index in [4.69, 9.17) is 5.11 Å². The Morgan fingerprint density at radius 1 is 1.38 bits per heavy atom. The number of anilines is 1. The van der Waals surface area contributed by atoms with Crippen molar-refractivity contribution in [2.45, 2.75) is 12.5 Å². The van der Waals surface area contributed by atoms with E-state index in [-0.39, 0.29) is 12.1 Å². The van der Waals surface area contributed by atoms with E-state index in [1.165, 1.54) is 23.9 Å². The lowest BCUT2D eigenvalue weighted by molar-refractivity contribution is -0.138. The maximum Gasteiger partial charge on any atom is 0.335 e. The van der Waals surface area contributed by atoms with Crippen molar-refractivity contribution in [1.29, 1.82) is 0 Å². The van der Waals surface area contributed by atoms with Crippen molar-refractivity contribution in [1.82, 2.24) is 5.32 Å². The topological polar surface area (TPSA) is 116 Å². The van der Waals surface area contributed by atoms with Crippen molar-refractivity contribution < 1.29 is 28.7 Å². The first kappa shape index (κ1) is 19.6. The van der Waals surface area contributed by atoms with Gasteiger partial charge >= 0.3 is 12.0 Å². The minimum absolute atomic E-state index is 0.0805. The molecule has 10 heteroatoms. The van der Waals surface area contributed by atoms with Crippen LogP contribution in [0.25, 0.3) is 0 Å². The summed E-state index contributed by atoms with van der Waals surface area (Å²) in [5.41, 5.74) is 0.0805. The van der Waals surface area contributed by atoms with Crippen LogP contribution in [0.1, 0.15) is 6.42 Å². The number of benzene rings is 1. The lowest BCUT2D eigenvalue weighted by Crippen LogP contribution is -2.58. The van der Waals surface area contributed by atoms with E-state index < -0.39 is 41.6 Å². The summed E-state index contributed by atoms with van der Waals surface area (Å²) in [6, 6.07) is 2.51. The first-order valence-corrected chi connectivity index (χ1v) is 8.94. The highest BCUT2D eigenvalue weighted by atomic mass is 32.2. The second-order valence-corrected chi connectivity index (χ2v) is 6.34. The average Bonchev–Trinajstić information content (AvgIpc) is 2.58. The number of aliphatic carboxylic acids is 1. The zero-order valence-corrected chi connectivity index (χ0v) is 14.5. The number of barbiturate groups is 1. The van der Waals surface area contributed by atoms with Gasteiger partial charge in [-0.15, -0.1) is 0 Å². The third kappa shape index (κ3) is 4.45. The summed E-state index contributed by atoms with van der Waals surface area (Å²) in [7, 11) is 0. The predicted octanol–water partition coefficient (Wildman–Crippen LogP) is 1.30. The number of imide groups is 2. The summed E-state index contributed by atoms with van der Waals surface area (Å²) in [5.74, 6) is -4.41. The number of nitrogens with zero attached hydrogens (tertiary/aromatic N) is 2. The van der Waals surface area contributed by atoms with E-state index in [1.54, 1.807) is 0 Å². The molecule has 1 saturated heterocycles. The van der Waals surface area contributed by atoms with Gasteiger partial charge in [-0.25, -0.2) is 18.9 Å². The number of halogens is 1. The van der Waals surface area contributed by atoms with Gasteiger partial charge in [0.05, 0.1) is 5.69 Å². The number of aliphatic imine (C=N–C) groups is 1. The van der Waals surface area contributed by atoms with E-state index in [2.05, 4.69) is 4.99 Å². The van der Waals surface area contributed by atoms with Crippen molar-refractivity contribution in [2.75, 3.05) is 16.9 Å². The Balaban J connectivity index is 2.24. The van der Waals surface area contributed by atoms with Crippen LogP contribution in [0.3, 0.4) is 0 Å². The molecule has 0 spiro atoms. The number of carboxylic acids is 1. The first-order valence-electron chi connectivity index (χ1n) is 7.54. The number of rotatable bonds is 7. The smallest absolute Gasteiger partial charge is 0.335 e. The van der Waals surface area contributed by atoms with Gasteiger partial charge < -0.3 is 5.11 Å². The molecule has 1 unspecified atom stereocenters. The molecular formula is C16H16FN3O5S. The number of thioether (sulfide) groups is 1. The standard InChI is InChI=1S/C16H16FN3O5S/c1-26-7-6-12(15(23)24)18-8-11-13(21)19-16(25)20(14(11)22)10-4-2-9(17)3-5-10/h2-5,8,11-12H,6-7H2,1H3,(H,23,24)(H,19,21,25)/t11?,12-/m1/s1. The van der Waals surface area contributed by atoms with Crippen LogP contribution in [0.4, 0.5) is 14.9 Å². The summed E-state index contributed by atoms with van der Waals surface area (Å²) < 4.78 is 13.0. The minimum atomic E-state index is -1.45. The van der Waals surface area contributed by atoms with Crippen LogP contribution in [0.15, 0.2) is 29.3 Å². The third-order valence-corrected chi connectivity index (χ3v) is 4.23. The average molecular weight is 381 g/mol. The summed E-state index contributed by atoms with van der Waals surface area (Å²) in [6.45, 7) is 0. The molecule has 0 radical (unpaired) electrons. The van der Waals surface area contributed by atoms with Gasteiger partial charge in [0, 0.05) is 6.21 Å². The van der Waals surface area contributed by atoms with Crippen molar-refractivity contribution in [3.8, 4) is 0 Å². The van der Waals surface area contributed by atoms with E-state index in [1.807, 2.05) is 11.6 Å². The number of carboxylic acid groups (broad SMARTS) is 1. The molecule has 0 saturated carbocycles. The molecule has 1 fully saturated rings. The van der Waals surface area contributed by atoms with E-state index >= 15 is 0 Å². The fraction of sp³-hybridized carbons (Fsp3) is 0.312. The number of urea groups is 1. The molecule has 1 aliphatic heterocycles. The Hall–Kier alpha value is -2.75. The van der Waals surface area contributed by atoms with Gasteiger partial charge in [-0.05, 0) is 42.7 Å². The summed E-state index contributed by atoms with van der Waals surface area (Å²) in [6.07, 6.45) is 2.99. The Bertz CT molecular complexity index is 753. The van der Waals surface area contributed by atoms with Gasteiger partial charge in [0.2, 0.25) is 5.91 Å². The number of amides is 4. The Morgan fingerprint density at radius 3 is 2.62 bits per heavy atom. The molecule has 1 heterocycles. The second-order valence-electron chi connectivity index (χ2n) is 5.36. The number of nitrogens with one attached hydrogen (secondary N) is 1. The summed E-state index contributed by atoms with van der Waals surface area (Å²) in [5, 5.41) is 11.2. The maximum atomic E-state index is 13.0. The highest BCUT2D eigenvalue weighted by Gasteiger charge is 2.40. The lowest BCUT2D eigenvalue weighted by atomic mass is 10.1. The molecule has 2 rings (SSSR count). The zero-order valence-electron chi connectivity index (χ0n) is 13.7. The van der Waals surface area contributed by atoms with Crippen molar-refractivity contribution >= 4 is 47.5 Å². The largest absolute Gasteiger partial charge is 0.480 e. The fourth-order valence-electron chi connectivity index (χ4n) is 2.24. The molecule has 138 valence electrons. The molecular weight excluding hydrogens is 365 g/mol. The SMILES string of the molecule is CSCC[C@@H](N=CC1C(=O)NC(=O)N(c2ccc(F)cc2)C1=O)C(=O)O. The molecule has 1 aliphatic rings. The van der Waals surface area contributed by atoms with Crippen LogP contribution in [-0.4, -0.2) is 53.2 Å². The van der Waals surface area contributed by atoms with Crippen LogP contribution >= 0.6 is 11.8 Å². The normalized spacial score (nSPS) is 18.9. The van der Waals surface area contributed by atoms with Gasteiger partial charge in [0.15, 0.2) is 5.92 Å².